The van der Waals surface area contributed by atoms with Gasteiger partial charge in [-0.05, 0) is 105 Å². The number of aromatic nitrogens is 1. The van der Waals surface area contributed by atoms with Crippen molar-refractivity contribution in [3.05, 3.63) is 175 Å². The van der Waals surface area contributed by atoms with Crippen molar-refractivity contribution in [1.29, 1.82) is 0 Å². The molecule has 0 atom stereocenters. The summed E-state index contributed by atoms with van der Waals surface area (Å²) < 4.78 is 2.42. The van der Waals surface area contributed by atoms with Gasteiger partial charge in [-0.3, -0.25) is 0 Å². The maximum atomic E-state index is 2.42. The van der Waals surface area contributed by atoms with Gasteiger partial charge in [-0.1, -0.05) is 121 Å². The Morgan fingerprint density at radius 3 is 1.45 bits per heavy atom. The van der Waals surface area contributed by atoms with E-state index in [2.05, 4.69) is 168 Å². The third-order valence-corrected chi connectivity index (χ3v) is 9.21. The molecule has 0 radical (unpaired) electrons. The highest BCUT2D eigenvalue weighted by Crippen LogP contribution is 2.42. The molecule has 1 heteroatoms. The van der Waals surface area contributed by atoms with Crippen molar-refractivity contribution in [1.82, 2.24) is 4.57 Å². The molecule has 0 bridgehead atoms. The van der Waals surface area contributed by atoms with Gasteiger partial charge in [0.1, 0.15) is 0 Å². The van der Waals surface area contributed by atoms with E-state index in [0.29, 0.717) is 0 Å². The lowest BCUT2D eigenvalue weighted by Crippen LogP contribution is -1.94. The number of benzene rings is 7. The van der Waals surface area contributed by atoms with E-state index in [1.165, 1.54) is 83.1 Å². The molecule has 0 saturated carbocycles. The summed E-state index contributed by atoms with van der Waals surface area (Å²) in [4.78, 5) is 0. The van der Waals surface area contributed by atoms with E-state index < -0.39 is 0 Å². The van der Waals surface area contributed by atoms with Crippen LogP contribution in [0.3, 0.4) is 0 Å². The Hall–Kier alpha value is -5.66. The second-order valence-electron chi connectivity index (χ2n) is 11.8. The van der Waals surface area contributed by atoms with Gasteiger partial charge in [-0.25, -0.2) is 0 Å². The minimum absolute atomic E-state index is 0.977. The van der Waals surface area contributed by atoms with Crippen LogP contribution < -0.4 is 0 Å². The molecule has 1 aromatic heterocycles. The van der Waals surface area contributed by atoms with E-state index in [9.17, 15) is 0 Å². The standard InChI is InChI=1S/C43H29N/c1-2-10-29(11-3-1)30-12-8-13-31(24-30)32-14-9-15-33(25-32)34-20-21-35-26-36-22-23-37(28-41(36)40(35)27-34)44-42-18-6-4-16-38(42)39-17-5-7-19-43(39)44/h1-25,27-28H,26H2. The van der Waals surface area contributed by atoms with E-state index in [1.54, 1.807) is 0 Å². The molecule has 0 aliphatic heterocycles. The fraction of sp³-hybridized carbons (Fsp3) is 0.0233. The van der Waals surface area contributed by atoms with Gasteiger partial charge >= 0.3 is 0 Å². The van der Waals surface area contributed by atoms with Gasteiger partial charge in [0.25, 0.3) is 0 Å². The smallest absolute Gasteiger partial charge is 0.0541 e. The third kappa shape index (κ3) is 4.01. The predicted octanol–water partition coefficient (Wildman–Crippen LogP) is 11.4. The minimum Gasteiger partial charge on any atom is -0.309 e. The Morgan fingerprint density at radius 1 is 0.341 bits per heavy atom. The summed E-state index contributed by atoms with van der Waals surface area (Å²) in [6.45, 7) is 0. The fourth-order valence-corrected chi connectivity index (χ4v) is 7.06. The highest BCUT2D eigenvalue weighted by molar-refractivity contribution is 6.09. The molecule has 0 fully saturated rings. The fourth-order valence-electron chi connectivity index (χ4n) is 7.06. The Morgan fingerprint density at radius 2 is 0.818 bits per heavy atom. The molecule has 0 saturated heterocycles. The van der Waals surface area contributed by atoms with Crippen molar-refractivity contribution in [2.45, 2.75) is 6.42 Å². The molecule has 44 heavy (non-hydrogen) atoms. The molecular formula is C43H29N. The van der Waals surface area contributed by atoms with Gasteiger partial charge in [0.15, 0.2) is 0 Å². The molecule has 1 aliphatic rings. The number of hydrogen-bond donors (Lipinski definition) is 0. The highest BCUT2D eigenvalue weighted by atomic mass is 15.0. The van der Waals surface area contributed by atoms with E-state index in [4.69, 9.17) is 0 Å². The van der Waals surface area contributed by atoms with Crippen LogP contribution in [0.25, 0.3) is 72.0 Å². The van der Waals surface area contributed by atoms with Crippen LogP contribution >= 0.6 is 0 Å². The van der Waals surface area contributed by atoms with Crippen molar-refractivity contribution < 1.29 is 0 Å². The van der Waals surface area contributed by atoms with Crippen LogP contribution in [0.1, 0.15) is 11.1 Å². The summed E-state index contributed by atoms with van der Waals surface area (Å²) in [6, 6.07) is 59.9. The first-order chi connectivity index (χ1) is 21.8. The summed E-state index contributed by atoms with van der Waals surface area (Å²) in [5.74, 6) is 0. The molecule has 7 aromatic carbocycles. The summed E-state index contributed by atoms with van der Waals surface area (Å²) in [5, 5.41) is 2.58. The van der Waals surface area contributed by atoms with Crippen LogP contribution in [0, 0.1) is 0 Å². The SMILES string of the molecule is c1ccc(-c2cccc(-c3cccc(-c4ccc5c(c4)-c4cc(-n6c7ccccc7c7ccccc76)ccc4C5)c3)c2)cc1. The Balaban J connectivity index is 1.12. The van der Waals surface area contributed by atoms with Crippen LogP contribution in [0.4, 0.5) is 0 Å². The molecule has 9 rings (SSSR count). The average molecular weight is 560 g/mol. The summed E-state index contributed by atoms with van der Waals surface area (Å²) in [6.07, 6.45) is 0.977. The third-order valence-electron chi connectivity index (χ3n) is 9.21. The van der Waals surface area contributed by atoms with Crippen LogP contribution in [0.5, 0.6) is 0 Å². The Kier molecular flexibility index (Phi) is 5.64. The second kappa shape index (κ2) is 9.97. The highest BCUT2D eigenvalue weighted by Gasteiger charge is 2.21. The average Bonchev–Trinajstić information content (AvgIpc) is 3.64. The summed E-state index contributed by atoms with van der Waals surface area (Å²) >= 11 is 0. The van der Waals surface area contributed by atoms with Crippen LogP contribution in [-0.4, -0.2) is 4.57 Å². The normalized spacial score (nSPS) is 12.0. The number of hydrogen-bond acceptors (Lipinski definition) is 0. The Labute approximate surface area is 257 Å². The zero-order valence-electron chi connectivity index (χ0n) is 24.2. The quantitative estimate of drug-likeness (QED) is 0.202. The zero-order chi connectivity index (χ0) is 29.0. The van der Waals surface area contributed by atoms with Gasteiger partial charge in [0.05, 0.1) is 11.0 Å². The van der Waals surface area contributed by atoms with Gasteiger partial charge in [0.2, 0.25) is 0 Å². The molecule has 0 unspecified atom stereocenters. The van der Waals surface area contributed by atoms with Gasteiger partial charge in [-0.2, -0.15) is 0 Å². The largest absolute Gasteiger partial charge is 0.309 e. The van der Waals surface area contributed by atoms with E-state index in [-0.39, 0.29) is 0 Å². The molecule has 0 spiro atoms. The zero-order valence-corrected chi connectivity index (χ0v) is 24.2. The lowest BCUT2D eigenvalue weighted by Gasteiger charge is -2.12. The lowest BCUT2D eigenvalue weighted by atomic mass is 9.94. The van der Waals surface area contributed by atoms with Crippen LogP contribution in [0.2, 0.25) is 0 Å². The first-order valence-electron chi connectivity index (χ1n) is 15.3. The Bertz CT molecular complexity index is 2300. The summed E-state index contributed by atoms with van der Waals surface area (Å²) in [5.41, 5.74) is 16.6. The van der Waals surface area contributed by atoms with E-state index >= 15 is 0 Å². The number of fused-ring (bicyclic) bond motifs is 6. The van der Waals surface area contributed by atoms with Crippen molar-refractivity contribution in [3.63, 3.8) is 0 Å². The summed E-state index contributed by atoms with van der Waals surface area (Å²) in [7, 11) is 0. The molecule has 8 aromatic rings. The molecule has 0 N–H and O–H groups in total. The number of para-hydroxylation sites is 2. The van der Waals surface area contributed by atoms with Gasteiger partial charge in [-0.15, -0.1) is 0 Å². The van der Waals surface area contributed by atoms with Crippen molar-refractivity contribution in [3.8, 4) is 50.2 Å². The lowest BCUT2D eigenvalue weighted by molar-refractivity contribution is 1.17. The monoisotopic (exact) mass is 559 g/mol. The topological polar surface area (TPSA) is 4.93 Å². The molecule has 1 nitrogen and oxygen atoms in total. The molecular weight excluding hydrogens is 530 g/mol. The molecule has 1 heterocycles. The van der Waals surface area contributed by atoms with Crippen molar-refractivity contribution >= 4 is 21.8 Å². The number of rotatable bonds is 4. The number of nitrogens with zero attached hydrogens (tertiary/aromatic N) is 1. The molecule has 206 valence electrons. The maximum absolute atomic E-state index is 2.42. The van der Waals surface area contributed by atoms with Crippen LogP contribution in [0.15, 0.2) is 164 Å². The second-order valence-corrected chi connectivity index (χ2v) is 11.8. The minimum atomic E-state index is 0.977. The first kappa shape index (κ1) is 24.9. The van der Waals surface area contributed by atoms with Gasteiger partial charge in [0, 0.05) is 16.5 Å². The van der Waals surface area contributed by atoms with E-state index in [0.717, 1.165) is 6.42 Å². The molecule has 1 aliphatic carbocycles. The van der Waals surface area contributed by atoms with Gasteiger partial charge < -0.3 is 4.57 Å². The van der Waals surface area contributed by atoms with Crippen LogP contribution in [-0.2, 0) is 6.42 Å². The maximum Gasteiger partial charge on any atom is 0.0541 e. The van der Waals surface area contributed by atoms with Crippen molar-refractivity contribution in [2.75, 3.05) is 0 Å². The van der Waals surface area contributed by atoms with E-state index in [1.807, 2.05) is 0 Å². The van der Waals surface area contributed by atoms with Crippen molar-refractivity contribution in [2.24, 2.45) is 0 Å². The first-order valence-corrected chi connectivity index (χ1v) is 15.3. The predicted molar refractivity (Wildman–Crippen MR) is 185 cm³/mol. The molecule has 0 amide bonds.